The van der Waals surface area contributed by atoms with Gasteiger partial charge in [0.25, 0.3) is 5.91 Å². The van der Waals surface area contributed by atoms with Crippen LogP contribution in [0.5, 0.6) is 0 Å². The van der Waals surface area contributed by atoms with Gasteiger partial charge in [-0.1, -0.05) is 29.0 Å². The third kappa shape index (κ3) is 4.60. The van der Waals surface area contributed by atoms with E-state index in [-0.39, 0.29) is 29.3 Å². The van der Waals surface area contributed by atoms with Gasteiger partial charge in [-0.15, -0.1) is 0 Å². The summed E-state index contributed by atoms with van der Waals surface area (Å²) in [6.45, 7) is 0.272. The van der Waals surface area contributed by atoms with Crippen LogP contribution in [0.3, 0.4) is 0 Å². The molecule has 4 rings (SSSR count). The highest BCUT2D eigenvalue weighted by atomic mass is 35.5. The molecule has 0 atom stereocenters. The summed E-state index contributed by atoms with van der Waals surface area (Å²) in [5, 5.41) is 6.50. The van der Waals surface area contributed by atoms with E-state index in [0.717, 1.165) is 23.3 Å². The zero-order valence-electron chi connectivity index (χ0n) is 14.4. The molecule has 0 bridgehead atoms. The maximum atomic E-state index is 13.2. The lowest BCUT2D eigenvalue weighted by Crippen LogP contribution is -2.19. The van der Waals surface area contributed by atoms with Gasteiger partial charge in [-0.25, -0.2) is 9.37 Å². The number of hydrogen-bond acceptors (Lipinski definition) is 6. The van der Waals surface area contributed by atoms with Gasteiger partial charge in [-0.2, -0.15) is 0 Å². The molecule has 0 spiro atoms. The van der Waals surface area contributed by atoms with E-state index in [1.54, 1.807) is 18.3 Å². The number of halogens is 2. The molecule has 28 heavy (non-hydrogen) atoms. The van der Waals surface area contributed by atoms with Gasteiger partial charge in [0.15, 0.2) is 10.3 Å². The van der Waals surface area contributed by atoms with Crippen LogP contribution in [0.25, 0.3) is 6.08 Å². The maximum absolute atomic E-state index is 13.2. The van der Waals surface area contributed by atoms with Crippen LogP contribution in [-0.4, -0.2) is 22.0 Å². The first-order valence-electron chi connectivity index (χ1n) is 8.44. The second-order valence-corrected chi connectivity index (χ2v) is 8.77. The van der Waals surface area contributed by atoms with Crippen molar-refractivity contribution in [2.75, 3.05) is 5.32 Å². The van der Waals surface area contributed by atoms with E-state index < -0.39 is 5.82 Å². The molecule has 2 amide bonds. The van der Waals surface area contributed by atoms with Crippen molar-refractivity contribution in [2.24, 2.45) is 10.9 Å². The van der Waals surface area contributed by atoms with Gasteiger partial charge in [0, 0.05) is 12.1 Å². The van der Waals surface area contributed by atoms with E-state index in [9.17, 15) is 14.0 Å². The smallest absolute Gasteiger partial charge is 0.264 e. The zero-order chi connectivity index (χ0) is 19.7. The fraction of sp³-hybridized carbons (Fsp3) is 0.222. The van der Waals surface area contributed by atoms with Crippen LogP contribution in [0.2, 0.25) is 5.02 Å². The number of benzene rings is 1. The van der Waals surface area contributed by atoms with Gasteiger partial charge in [-0.05, 0) is 48.4 Å². The number of aliphatic imine (C=N–C) groups is 1. The van der Waals surface area contributed by atoms with Gasteiger partial charge in [0.2, 0.25) is 5.91 Å². The summed E-state index contributed by atoms with van der Waals surface area (Å²) in [5.41, 5.74) is 0.740. The zero-order valence-corrected chi connectivity index (χ0v) is 16.8. The molecule has 2 aromatic rings. The van der Waals surface area contributed by atoms with Gasteiger partial charge in [0.05, 0.1) is 21.3 Å². The number of carbonyl (C=O) groups excluding carboxylic acids is 2. The SMILES string of the molecule is O=C1NC(=NCc2ccc(F)c(Cl)c2)SC1=Cc1cnc(NC(=O)C2CC2)s1. The second kappa shape index (κ2) is 8.02. The predicted octanol–water partition coefficient (Wildman–Crippen LogP) is 4.04. The molecule has 1 aromatic carbocycles. The molecule has 10 heteroatoms. The van der Waals surface area contributed by atoms with Crippen LogP contribution >= 0.6 is 34.7 Å². The molecule has 2 fully saturated rings. The lowest BCUT2D eigenvalue weighted by Gasteiger charge is -2.00. The Morgan fingerprint density at radius 2 is 2.29 bits per heavy atom. The molecule has 1 saturated carbocycles. The molecule has 144 valence electrons. The number of amidine groups is 1. The first-order valence-corrected chi connectivity index (χ1v) is 10.4. The first-order chi connectivity index (χ1) is 13.5. The molecule has 0 radical (unpaired) electrons. The van der Waals surface area contributed by atoms with Crippen LogP contribution < -0.4 is 10.6 Å². The van der Waals surface area contributed by atoms with Crippen molar-refractivity contribution < 1.29 is 14.0 Å². The average molecular weight is 437 g/mol. The largest absolute Gasteiger partial charge is 0.302 e. The monoisotopic (exact) mass is 436 g/mol. The number of rotatable bonds is 5. The minimum absolute atomic E-state index is 0.00291. The number of amides is 2. The van der Waals surface area contributed by atoms with Crippen LogP contribution in [0.1, 0.15) is 23.3 Å². The number of aromatic nitrogens is 1. The van der Waals surface area contributed by atoms with E-state index >= 15 is 0 Å². The quantitative estimate of drug-likeness (QED) is 0.693. The number of nitrogens with zero attached hydrogens (tertiary/aromatic N) is 2. The summed E-state index contributed by atoms with van der Waals surface area (Å²) < 4.78 is 13.2. The molecule has 0 unspecified atom stereocenters. The summed E-state index contributed by atoms with van der Waals surface area (Å²) in [7, 11) is 0. The van der Waals surface area contributed by atoms with Crippen molar-refractivity contribution in [3.05, 3.63) is 50.6 Å². The molecule has 2 heterocycles. The molecule has 6 nitrogen and oxygen atoms in total. The molecular formula is C18H14ClFN4O2S2. The molecular weight excluding hydrogens is 423 g/mol. The normalized spacial score (nSPS) is 19.3. The van der Waals surface area contributed by atoms with Crippen molar-refractivity contribution >= 4 is 62.9 Å². The Bertz CT molecular complexity index is 1020. The van der Waals surface area contributed by atoms with Crippen molar-refractivity contribution in [2.45, 2.75) is 19.4 Å². The molecule has 1 aliphatic carbocycles. The standard InChI is InChI=1S/C18H14ClFN4O2S2/c19-12-5-9(1-4-13(12)20)7-21-18-24-16(26)14(28-18)6-11-8-22-17(27-11)23-15(25)10-2-3-10/h1,4-6,8,10H,2-3,7H2,(H,21,24,26)(H,22,23,25). The Balaban J connectivity index is 1.40. The summed E-state index contributed by atoms with van der Waals surface area (Å²) >= 11 is 8.28. The molecule has 1 aliphatic heterocycles. The van der Waals surface area contributed by atoms with Crippen molar-refractivity contribution in [1.82, 2.24) is 10.3 Å². The highest BCUT2D eigenvalue weighted by Gasteiger charge is 2.30. The van der Waals surface area contributed by atoms with Crippen LogP contribution in [0.15, 0.2) is 34.3 Å². The number of hydrogen-bond donors (Lipinski definition) is 2. The van der Waals surface area contributed by atoms with Crippen molar-refractivity contribution in [3.63, 3.8) is 0 Å². The molecule has 2 aliphatic rings. The van der Waals surface area contributed by atoms with Crippen molar-refractivity contribution in [3.8, 4) is 0 Å². The third-order valence-electron chi connectivity index (χ3n) is 4.02. The van der Waals surface area contributed by atoms with Crippen LogP contribution in [-0.2, 0) is 16.1 Å². The van der Waals surface area contributed by atoms with Gasteiger partial charge >= 0.3 is 0 Å². The Morgan fingerprint density at radius 1 is 1.46 bits per heavy atom. The van der Waals surface area contributed by atoms with E-state index in [0.29, 0.717) is 15.2 Å². The van der Waals surface area contributed by atoms with Crippen LogP contribution in [0, 0.1) is 11.7 Å². The van der Waals surface area contributed by atoms with E-state index in [1.165, 1.54) is 35.2 Å². The topological polar surface area (TPSA) is 83.4 Å². The Kier molecular flexibility index (Phi) is 5.47. The highest BCUT2D eigenvalue weighted by Crippen LogP contribution is 2.32. The Morgan fingerprint density at radius 3 is 3.04 bits per heavy atom. The summed E-state index contributed by atoms with van der Waals surface area (Å²) in [5.74, 6) is -0.629. The predicted molar refractivity (Wildman–Crippen MR) is 110 cm³/mol. The fourth-order valence-corrected chi connectivity index (χ4v) is 4.25. The van der Waals surface area contributed by atoms with Crippen LogP contribution in [0.4, 0.5) is 9.52 Å². The minimum atomic E-state index is -0.482. The third-order valence-corrected chi connectivity index (χ3v) is 6.11. The van der Waals surface area contributed by atoms with E-state index in [1.807, 2.05) is 0 Å². The first kappa shape index (κ1) is 19.1. The van der Waals surface area contributed by atoms with Crippen molar-refractivity contribution in [1.29, 1.82) is 0 Å². The number of thioether (sulfide) groups is 1. The lowest BCUT2D eigenvalue weighted by molar-refractivity contribution is -0.117. The maximum Gasteiger partial charge on any atom is 0.264 e. The fourth-order valence-electron chi connectivity index (χ4n) is 2.40. The lowest BCUT2D eigenvalue weighted by atomic mass is 10.2. The van der Waals surface area contributed by atoms with E-state index in [2.05, 4.69) is 20.6 Å². The average Bonchev–Trinajstić information content (AvgIpc) is 3.34. The number of nitrogens with one attached hydrogen (secondary N) is 2. The van der Waals surface area contributed by atoms with Gasteiger partial charge in [-0.3, -0.25) is 14.6 Å². The number of thiazole rings is 1. The number of anilines is 1. The summed E-state index contributed by atoms with van der Waals surface area (Å²) in [4.78, 5) is 33.7. The molecule has 1 saturated heterocycles. The minimum Gasteiger partial charge on any atom is -0.302 e. The Labute approximate surface area is 173 Å². The summed E-state index contributed by atoms with van der Waals surface area (Å²) in [6, 6.07) is 4.39. The second-order valence-electron chi connectivity index (χ2n) is 6.27. The molecule has 2 N–H and O–H groups in total. The summed E-state index contributed by atoms with van der Waals surface area (Å²) in [6.07, 6.45) is 5.18. The number of carbonyl (C=O) groups is 2. The van der Waals surface area contributed by atoms with E-state index in [4.69, 9.17) is 11.6 Å². The van der Waals surface area contributed by atoms with Gasteiger partial charge < -0.3 is 10.6 Å². The highest BCUT2D eigenvalue weighted by molar-refractivity contribution is 8.18. The Hall–Kier alpha value is -2.23. The van der Waals surface area contributed by atoms with Gasteiger partial charge in [0.1, 0.15) is 5.82 Å². The molecule has 1 aromatic heterocycles.